The van der Waals surface area contributed by atoms with Crippen LogP contribution in [0, 0.1) is 5.82 Å². The van der Waals surface area contributed by atoms with Gasteiger partial charge in [0.25, 0.3) is 0 Å². The molecule has 0 aliphatic carbocycles. The van der Waals surface area contributed by atoms with Gasteiger partial charge in [0.15, 0.2) is 5.82 Å². The lowest BCUT2D eigenvalue weighted by atomic mass is 10.3. The number of aryl methyl sites for hydroxylation is 1. The lowest BCUT2D eigenvalue weighted by molar-refractivity contribution is 0.604. The first-order valence-corrected chi connectivity index (χ1v) is 7.92. The first kappa shape index (κ1) is 15.9. The molecule has 3 N–H and O–H groups in total. The predicted octanol–water partition coefficient (Wildman–Crippen LogP) is 2.54. The van der Waals surface area contributed by atoms with E-state index in [-0.39, 0.29) is 6.04 Å². The fourth-order valence-electron chi connectivity index (χ4n) is 2.50. The number of aromatic amines is 1. The molecule has 0 bridgehead atoms. The molecular formula is C16H16FN9. The lowest BCUT2D eigenvalue weighted by Crippen LogP contribution is -2.13. The van der Waals surface area contributed by atoms with Crippen LogP contribution in [0.25, 0.3) is 11.0 Å². The van der Waals surface area contributed by atoms with Crippen LogP contribution < -0.4 is 10.6 Å². The second-order valence-electron chi connectivity index (χ2n) is 5.81. The molecule has 0 fully saturated rings. The molecule has 0 spiro atoms. The Labute approximate surface area is 147 Å². The molecule has 0 saturated heterocycles. The molecule has 0 amide bonds. The monoisotopic (exact) mass is 353 g/mol. The molecule has 132 valence electrons. The molecule has 0 unspecified atom stereocenters. The zero-order chi connectivity index (χ0) is 18.1. The summed E-state index contributed by atoms with van der Waals surface area (Å²) in [7, 11) is 1.89. The van der Waals surface area contributed by atoms with Gasteiger partial charge in [0.2, 0.25) is 5.95 Å². The average molecular weight is 353 g/mol. The standard InChI is InChI=1S/C16H16FN9/c1-9(13-19-5-10(17)6-20-13)22-16-24-14-11(3-4-18-14)15(25-16)23-12-7-26(2)8-21-12/h3-9H,1-2H3,(H3,18,22,23,24,25)/t9-/m1/s1. The number of aromatic nitrogens is 7. The fraction of sp³-hybridized carbons (Fsp3) is 0.188. The number of H-pyrrole nitrogens is 1. The fourth-order valence-corrected chi connectivity index (χ4v) is 2.50. The highest BCUT2D eigenvalue weighted by atomic mass is 19.1. The van der Waals surface area contributed by atoms with Crippen molar-refractivity contribution < 1.29 is 4.39 Å². The van der Waals surface area contributed by atoms with E-state index in [4.69, 9.17) is 0 Å². The maximum Gasteiger partial charge on any atom is 0.227 e. The predicted molar refractivity (Wildman–Crippen MR) is 94.4 cm³/mol. The summed E-state index contributed by atoms with van der Waals surface area (Å²) in [5.41, 5.74) is 0.674. The van der Waals surface area contributed by atoms with Crippen molar-refractivity contribution in [2.24, 2.45) is 7.05 Å². The van der Waals surface area contributed by atoms with Crippen LogP contribution >= 0.6 is 0 Å². The summed E-state index contributed by atoms with van der Waals surface area (Å²) in [5.74, 6) is 1.64. The van der Waals surface area contributed by atoms with E-state index in [9.17, 15) is 4.39 Å². The van der Waals surface area contributed by atoms with E-state index >= 15 is 0 Å². The third-order valence-corrected chi connectivity index (χ3v) is 3.74. The van der Waals surface area contributed by atoms with Gasteiger partial charge in [-0.2, -0.15) is 9.97 Å². The van der Waals surface area contributed by atoms with Gasteiger partial charge in [-0.3, -0.25) is 0 Å². The minimum Gasteiger partial charge on any atom is -0.346 e. The van der Waals surface area contributed by atoms with Crippen molar-refractivity contribution in [2.45, 2.75) is 13.0 Å². The van der Waals surface area contributed by atoms with E-state index in [2.05, 4.69) is 40.5 Å². The number of rotatable bonds is 5. The van der Waals surface area contributed by atoms with Crippen LogP contribution in [-0.2, 0) is 7.05 Å². The average Bonchev–Trinajstić information content (AvgIpc) is 3.24. The number of hydrogen-bond acceptors (Lipinski definition) is 7. The van der Waals surface area contributed by atoms with Crippen LogP contribution in [0.1, 0.15) is 18.8 Å². The summed E-state index contributed by atoms with van der Waals surface area (Å²) in [6.07, 6.45) is 7.60. The molecule has 4 rings (SSSR count). The van der Waals surface area contributed by atoms with Crippen LogP contribution in [0.3, 0.4) is 0 Å². The van der Waals surface area contributed by atoms with E-state index in [0.29, 0.717) is 29.1 Å². The van der Waals surface area contributed by atoms with E-state index in [1.807, 2.05) is 30.8 Å². The highest BCUT2D eigenvalue weighted by Gasteiger charge is 2.14. The summed E-state index contributed by atoms with van der Waals surface area (Å²) in [5, 5.41) is 7.17. The Hall–Kier alpha value is -3.56. The molecule has 0 aliphatic rings. The molecule has 0 aliphatic heterocycles. The zero-order valence-electron chi connectivity index (χ0n) is 14.1. The van der Waals surface area contributed by atoms with Gasteiger partial charge in [-0.15, -0.1) is 0 Å². The number of nitrogens with one attached hydrogen (secondary N) is 3. The van der Waals surface area contributed by atoms with Gasteiger partial charge >= 0.3 is 0 Å². The van der Waals surface area contributed by atoms with Crippen molar-refractivity contribution in [1.82, 2.24) is 34.5 Å². The molecule has 1 atom stereocenters. The van der Waals surface area contributed by atoms with Crippen molar-refractivity contribution in [3.63, 3.8) is 0 Å². The van der Waals surface area contributed by atoms with E-state index in [1.165, 1.54) is 0 Å². The second-order valence-corrected chi connectivity index (χ2v) is 5.81. The summed E-state index contributed by atoms with van der Waals surface area (Å²) in [6.45, 7) is 1.85. The van der Waals surface area contributed by atoms with Crippen LogP contribution in [0.15, 0.2) is 37.2 Å². The Morgan fingerprint density at radius 3 is 2.73 bits per heavy atom. The van der Waals surface area contributed by atoms with Gasteiger partial charge in [0.05, 0.1) is 30.1 Å². The van der Waals surface area contributed by atoms with Crippen LogP contribution in [0.5, 0.6) is 0 Å². The van der Waals surface area contributed by atoms with E-state index < -0.39 is 5.82 Å². The number of hydrogen-bond donors (Lipinski definition) is 3. The molecular weight excluding hydrogens is 337 g/mol. The largest absolute Gasteiger partial charge is 0.346 e. The smallest absolute Gasteiger partial charge is 0.227 e. The molecule has 9 nitrogen and oxygen atoms in total. The normalized spacial score (nSPS) is 12.3. The van der Waals surface area contributed by atoms with Crippen molar-refractivity contribution in [3.05, 3.63) is 48.8 Å². The number of nitrogens with zero attached hydrogens (tertiary/aromatic N) is 6. The van der Waals surface area contributed by atoms with Crippen LogP contribution in [-0.4, -0.2) is 34.5 Å². The molecule has 10 heteroatoms. The topological polar surface area (TPSA) is 109 Å². The first-order valence-electron chi connectivity index (χ1n) is 7.92. The number of imidazole rings is 1. The number of halogens is 1. The SMILES string of the molecule is C[C@@H](Nc1nc(Nc2cn(C)cn2)c2cc[nH]c2n1)c1ncc(F)cn1. The van der Waals surface area contributed by atoms with E-state index in [0.717, 1.165) is 17.8 Å². The Morgan fingerprint density at radius 1 is 1.19 bits per heavy atom. The molecule has 4 aromatic heterocycles. The van der Waals surface area contributed by atoms with Gasteiger partial charge in [-0.25, -0.2) is 19.3 Å². The summed E-state index contributed by atoms with van der Waals surface area (Å²) in [6, 6.07) is 1.59. The number of fused-ring (bicyclic) bond motifs is 1. The number of anilines is 3. The van der Waals surface area contributed by atoms with Crippen molar-refractivity contribution in [3.8, 4) is 0 Å². The Kier molecular flexibility index (Phi) is 3.92. The second kappa shape index (κ2) is 6.39. The summed E-state index contributed by atoms with van der Waals surface area (Å²) >= 11 is 0. The van der Waals surface area contributed by atoms with Crippen molar-refractivity contribution in [2.75, 3.05) is 10.6 Å². The minimum absolute atomic E-state index is 0.300. The highest BCUT2D eigenvalue weighted by Crippen LogP contribution is 2.25. The Bertz CT molecular complexity index is 1040. The summed E-state index contributed by atoms with van der Waals surface area (Å²) < 4.78 is 14.8. The molecule has 0 saturated carbocycles. The van der Waals surface area contributed by atoms with E-state index in [1.54, 1.807) is 12.5 Å². The van der Waals surface area contributed by atoms with Gasteiger partial charge in [0, 0.05) is 19.4 Å². The molecule has 4 aromatic rings. The third kappa shape index (κ3) is 3.16. The molecule has 0 aromatic carbocycles. The summed E-state index contributed by atoms with van der Waals surface area (Å²) in [4.78, 5) is 24.3. The molecule has 0 radical (unpaired) electrons. The van der Waals surface area contributed by atoms with Crippen molar-refractivity contribution in [1.29, 1.82) is 0 Å². The van der Waals surface area contributed by atoms with Crippen LogP contribution in [0.4, 0.5) is 22.0 Å². The Morgan fingerprint density at radius 2 is 2.00 bits per heavy atom. The minimum atomic E-state index is -0.480. The Balaban J connectivity index is 1.63. The maximum absolute atomic E-state index is 13.0. The third-order valence-electron chi connectivity index (χ3n) is 3.74. The molecule has 4 heterocycles. The van der Waals surface area contributed by atoms with Gasteiger partial charge in [-0.05, 0) is 13.0 Å². The lowest BCUT2D eigenvalue weighted by Gasteiger charge is -2.13. The molecule has 26 heavy (non-hydrogen) atoms. The van der Waals surface area contributed by atoms with Gasteiger partial charge < -0.3 is 20.2 Å². The quantitative estimate of drug-likeness (QED) is 0.506. The zero-order valence-corrected chi connectivity index (χ0v) is 14.1. The van der Waals surface area contributed by atoms with Gasteiger partial charge in [-0.1, -0.05) is 0 Å². The van der Waals surface area contributed by atoms with Gasteiger partial charge in [0.1, 0.15) is 23.1 Å². The maximum atomic E-state index is 13.0. The highest BCUT2D eigenvalue weighted by molar-refractivity contribution is 5.89. The van der Waals surface area contributed by atoms with Crippen LogP contribution in [0.2, 0.25) is 0 Å². The first-order chi connectivity index (χ1) is 12.6. The van der Waals surface area contributed by atoms with Crippen molar-refractivity contribution >= 4 is 28.6 Å².